The number of methoxy groups -OCH3 is 1. The molecule has 0 unspecified atom stereocenters. The molecule has 22 heavy (non-hydrogen) atoms. The number of hydrogen-bond donors (Lipinski definition) is 3. The van der Waals surface area contributed by atoms with Gasteiger partial charge in [-0.2, -0.15) is 5.01 Å². The monoisotopic (exact) mass is 322 g/mol. The summed E-state index contributed by atoms with van der Waals surface area (Å²) in [4.78, 5) is 24.6. The van der Waals surface area contributed by atoms with E-state index >= 15 is 0 Å². The number of amides is 3. The first-order valence-corrected chi connectivity index (χ1v) is 7.19. The van der Waals surface area contributed by atoms with Crippen molar-refractivity contribution in [1.82, 2.24) is 21.1 Å². The third-order valence-electron chi connectivity index (χ3n) is 3.41. The molecule has 1 aliphatic heterocycles. The Labute approximate surface area is 134 Å². The summed E-state index contributed by atoms with van der Waals surface area (Å²) < 4.78 is 5.09. The molecule has 2 rings (SSSR count). The van der Waals surface area contributed by atoms with Crippen molar-refractivity contribution in [3.63, 3.8) is 0 Å². The Morgan fingerprint density at radius 3 is 2.55 bits per heavy atom. The van der Waals surface area contributed by atoms with E-state index in [1.54, 1.807) is 38.3 Å². The van der Waals surface area contributed by atoms with E-state index in [1.165, 1.54) is 0 Å². The smallest absolute Gasteiger partial charge is 0.344 e. The van der Waals surface area contributed by atoms with E-state index in [4.69, 9.17) is 17.0 Å². The number of thiocarbonyl (C=S) groups is 1. The second-order valence-corrected chi connectivity index (χ2v) is 5.30. The second kappa shape index (κ2) is 6.18. The van der Waals surface area contributed by atoms with Gasteiger partial charge < -0.3 is 15.4 Å². The van der Waals surface area contributed by atoms with Gasteiger partial charge in [-0.05, 0) is 43.8 Å². The maximum Gasteiger partial charge on any atom is 0.344 e. The molecule has 0 spiro atoms. The highest BCUT2D eigenvalue weighted by Crippen LogP contribution is 2.29. The van der Waals surface area contributed by atoms with Gasteiger partial charge in [0, 0.05) is 6.54 Å². The third-order valence-corrected chi connectivity index (χ3v) is 3.64. The highest BCUT2D eigenvalue weighted by molar-refractivity contribution is 7.80. The first-order chi connectivity index (χ1) is 10.4. The van der Waals surface area contributed by atoms with Crippen molar-refractivity contribution in [1.29, 1.82) is 0 Å². The van der Waals surface area contributed by atoms with Crippen LogP contribution in [0.15, 0.2) is 24.3 Å². The van der Waals surface area contributed by atoms with Gasteiger partial charge in [0.25, 0.3) is 5.91 Å². The Morgan fingerprint density at radius 2 is 2.00 bits per heavy atom. The summed E-state index contributed by atoms with van der Waals surface area (Å²) in [6.07, 6.45) is 0. The molecule has 0 radical (unpaired) electrons. The molecular formula is C14H18N4O3S. The molecule has 3 N–H and O–H groups in total. The second-order valence-electron chi connectivity index (χ2n) is 4.90. The first-order valence-electron chi connectivity index (χ1n) is 6.78. The Balaban J connectivity index is 2.23. The topological polar surface area (TPSA) is 82.7 Å². The van der Waals surface area contributed by atoms with Crippen molar-refractivity contribution in [3.05, 3.63) is 29.8 Å². The van der Waals surface area contributed by atoms with Crippen LogP contribution < -0.4 is 20.8 Å². The van der Waals surface area contributed by atoms with Gasteiger partial charge in [-0.3, -0.25) is 10.2 Å². The van der Waals surface area contributed by atoms with E-state index in [-0.39, 0.29) is 5.11 Å². The molecule has 1 aromatic carbocycles. The van der Waals surface area contributed by atoms with E-state index in [0.29, 0.717) is 17.9 Å². The van der Waals surface area contributed by atoms with Gasteiger partial charge in [0.2, 0.25) is 0 Å². The first kappa shape index (κ1) is 16.0. The number of carbonyl (C=O) groups is 2. The summed E-state index contributed by atoms with van der Waals surface area (Å²) in [6, 6.07) is 6.40. The molecule has 1 aromatic rings. The zero-order chi connectivity index (χ0) is 16.3. The van der Waals surface area contributed by atoms with Crippen LogP contribution in [-0.2, 0) is 10.3 Å². The average Bonchev–Trinajstić information content (AvgIpc) is 2.72. The van der Waals surface area contributed by atoms with Crippen LogP contribution in [0.2, 0.25) is 0 Å². The Hall–Kier alpha value is -2.35. The number of imide groups is 1. The van der Waals surface area contributed by atoms with E-state index in [1.807, 2.05) is 6.92 Å². The molecule has 0 bridgehead atoms. The maximum absolute atomic E-state index is 12.6. The van der Waals surface area contributed by atoms with Crippen LogP contribution in [0.3, 0.4) is 0 Å². The maximum atomic E-state index is 12.6. The van der Waals surface area contributed by atoms with Gasteiger partial charge in [0.05, 0.1) is 7.11 Å². The molecule has 118 valence electrons. The van der Waals surface area contributed by atoms with E-state index < -0.39 is 17.5 Å². The minimum absolute atomic E-state index is 0.213. The number of hydrogen-bond acceptors (Lipinski definition) is 4. The molecule has 1 fully saturated rings. The number of benzene rings is 1. The number of nitrogens with zero attached hydrogens (tertiary/aromatic N) is 1. The fourth-order valence-electron chi connectivity index (χ4n) is 2.16. The molecule has 1 heterocycles. The van der Waals surface area contributed by atoms with Crippen LogP contribution in [0.5, 0.6) is 5.75 Å². The van der Waals surface area contributed by atoms with Gasteiger partial charge in [0.15, 0.2) is 5.11 Å². The number of urea groups is 1. The van der Waals surface area contributed by atoms with Crippen molar-refractivity contribution in [2.24, 2.45) is 0 Å². The van der Waals surface area contributed by atoms with Crippen molar-refractivity contribution in [3.8, 4) is 5.75 Å². The van der Waals surface area contributed by atoms with Crippen molar-refractivity contribution in [2.75, 3.05) is 13.7 Å². The summed E-state index contributed by atoms with van der Waals surface area (Å²) in [7, 11) is 1.56. The molecule has 8 heteroatoms. The summed E-state index contributed by atoms with van der Waals surface area (Å²) in [6.45, 7) is 4.10. The SMILES string of the molecule is CCNC(=S)NN1C(=O)N[C@@](C)(c2ccc(OC)cc2)C1=O. The lowest BCUT2D eigenvalue weighted by molar-refractivity contribution is -0.132. The largest absolute Gasteiger partial charge is 0.497 e. The molecule has 3 amide bonds. The lowest BCUT2D eigenvalue weighted by Crippen LogP contribution is -2.51. The number of hydrazine groups is 1. The quantitative estimate of drug-likeness (QED) is 0.563. The summed E-state index contributed by atoms with van der Waals surface area (Å²) >= 11 is 5.01. The van der Waals surface area contributed by atoms with Crippen LogP contribution in [-0.4, -0.2) is 35.7 Å². The van der Waals surface area contributed by atoms with Crippen molar-refractivity contribution >= 4 is 29.3 Å². The lowest BCUT2D eigenvalue weighted by Gasteiger charge is -2.22. The Bertz CT molecular complexity index is 605. The minimum Gasteiger partial charge on any atom is -0.497 e. The fraction of sp³-hybridized carbons (Fsp3) is 0.357. The van der Waals surface area contributed by atoms with E-state index in [0.717, 1.165) is 5.01 Å². The van der Waals surface area contributed by atoms with Crippen LogP contribution in [0.25, 0.3) is 0 Å². The highest BCUT2D eigenvalue weighted by atomic mass is 32.1. The molecule has 0 aromatic heterocycles. The van der Waals surface area contributed by atoms with Crippen LogP contribution in [0.1, 0.15) is 19.4 Å². The normalized spacial score (nSPS) is 20.6. The summed E-state index contributed by atoms with van der Waals surface area (Å²) in [5.74, 6) is 0.246. The zero-order valence-corrected chi connectivity index (χ0v) is 13.4. The molecule has 0 aliphatic carbocycles. The van der Waals surface area contributed by atoms with Gasteiger partial charge >= 0.3 is 6.03 Å². The number of nitrogens with one attached hydrogen (secondary N) is 3. The van der Waals surface area contributed by atoms with Gasteiger partial charge in [0.1, 0.15) is 11.3 Å². The highest BCUT2D eigenvalue weighted by Gasteiger charge is 2.49. The number of ether oxygens (including phenoxy) is 1. The van der Waals surface area contributed by atoms with Gasteiger partial charge in [-0.15, -0.1) is 0 Å². The summed E-state index contributed by atoms with van der Waals surface area (Å²) in [5.41, 5.74) is 2.10. The van der Waals surface area contributed by atoms with Gasteiger partial charge in [-0.25, -0.2) is 4.79 Å². The lowest BCUT2D eigenvalue weighted by atomic mass is 9.92. The molecule has 0 saturated carbocycles. The zero-order valence-electron chi connectivity index (χ0n) is 12.6. The van der Waals surface area contributed by atoms with Crippen molar-refractivity contribution in [2.45, 2.75) is 19.4 Å². The minimum atomic E-state index is -1.15. The third kappa shape index (κ3) is 2.82. The Morgan fingerprint density at radius 1 is 1.36 bits per heavy atom. The molecule has 1 saturated heterocycles. The summed E-state index contributed by atoms with van der Waals surface area (Å²) in [5, 5.41) is 6.60. The fourth-order valence-corrected chi connectivity index (χ4v) is 2.40. The predicted octanol–water partition coefficient (Wildman–Crippen LogP) is 0.861. The van der Waals surface area contributed by atoms with Crippen LogP contribution in [0.4, 0.5) is 4.79 Å². The molecule has 1 aliphatic rings. The predicted molar refractivity (Wildman–Crippen MR) is 85.1 cm³/mol. The van der Waals surface area contributed by atoms with Crippen LogP contribution in [0, 0.1) is 0 Å². The van der Waals surface area contributed by atoms with Crippen LogP contribution >= 0.6 is 12.2 Å². The molecule has 1 atom stereocenters. The van der Waals surface area contributed by atoms with Gasteiger partial charge in [-0.1, -0.05) is 12.1 Å². The molecular weight excluding hydrogens is 304 g/mol. The Kier molecular flexibility index (Phi) is 4.51. The van der Waals surface area contributed by atoms with E-state index in [2.05, 4.69) is 16.1 Å². The average molecular weight is 322 g/mol. The van der Waals surface area contributed by atoms with E-state index in [9.17, 15) is 9.59 Å². The standard InChI is InChI=1S/C14H18N4O3S/c1-4-15-12(22)17-18-11(19)14(2,16-13(18)20)9-5-7-10(21-3)8-6-9/h5-8H,4H2,1-3H3,(H,16,20)(H2,15,17,22)/t14-/m0/s1. The molecule has 7 nitrogen and oxygen atoms in total. The number of carbonyl (C=O) groups excluding carboxylic acids is 2. The number of rotatable bonds is 4. The van der Waals surface area contributed by atoms with Crippen molar-refractivity contribution < 1.29 is 14.3 Å².